The van der Waals surface area contributed by atoms with Crippen LogP contribution in [0, 0.1) is 0 Å². The minimum atomic E-state index is -0.194. The van der Waals surface area contributed by atoms with E-state index in [9.17, 15) is 9.59 Å². The van der Waals surface area contributed by atoms with Gasteiger partial charge in [0.15, 0.2) is 5.16 Å². The molecule has 1 N–H and O–H groups in total. The van der Waals surface area contributed by atoms with E-state index in [1.165, 1.54) is 16.6 Å². The van der Waals surface area contributed by atoms with Crippen LogP contribution in [0.2, 0.25) is 5.02 Å². The molecule has 2 aromatic carbocycles. The number of rotatable bonds is 6. The number of anilines is 1. The Hall–Kier alpha value is -2.81. The molecule has 34 heavy (non-hydrogen) atoms. The summed E-state index contributed by atoms with van der Waals surface area (Å²) in [5, 5.41) is 4.66. The normalized spacial score (nSPS) is 13.0. The minimum Gasteiger partial charge on any atom is -0.497 e. The summed E-state index contributed by atoms with van der Waals surface area (Å²) >= 11 is 8.93. The van der Waals surface area contributed by atoms with E-state index >= 15 is 0 Å². The monoisotopic (exact) mass is 511 g/mol. The molecule has 0 saturated heterocycles. The number of benzene rings is 2. The number of hydrogen-bond acceptors (Lipinski definition) is 6. The second kappa shape index (κ2) is 9.82. The summed E-state index contributed by atoms with van der Waals surface area (Å²) in [4.78, 5) is 33.3. The molecule has 0 spiro atoms. The smallest absolute Gasteiger partial charge is 0.267 e. The van der Waals surface area contributed by atoms with Crippen molar-refractivity contribution in [2.24, 2.45) is 0 Å². The maximum Gasteiger partial charge on any atom is 0.267 e. The number of carbonyl (C=O) groups excluding carboxylic acids is 1. The van der Waals surface area contributed by atoms with Crippen molar-refractivity contribution in [1.82, 2.24) is 9.55 Å². The van der Waals surface area contributed by atoms with Gasteiger partial charge in [-0.3, -0.25) is 14.2 Å². The van der Waals surface area contributed by atoms with Crippen molar-refractivity contribution < 1.29 is 9.53 Å². The van der Waals surface area contributed by atoms with Gasteiger partial charge in [0.05, 0.1) is 23.9 Å². The Bertz CT molecular complexity index is 1430. The zero-order valence-electron chi connectivity index (χ0n) is 18.5. The van der Waals surface area contributed by atoms with Crippen molar-refractivity contribution in [3.05, 3.63) is 74.3 Å². The maximum absolute atomic E-state index is 13.7. The van der Waals surface area contributed by atoms with Gasteiger partial charge in [-0.15, -0.1) is 11.3 Å². The standard InChI is InChI=1S/C25H22ClN3O3S2/c1-32-18-6-4-5-16(13-18)27-21(30)14-33-25-28-23-22(19-7-2-3-8-20(19)34-23)24(31)29(25)17-11-9-15(26)10-12-17/h4-6,9-13H,2-3,7-8,14H2,1H3,(H,27,30). The van der Waals surface area contributed by atoms with E-state index in [0.29, 0.717) is 32.7 Å². The van der Waals surface area contributed by atoms with Gasteiger partial charge in [-0.25, -0.2) is 4.98 Å². The maximum atomic E-state index is 13.7. The lowest BCUT2D eigenvalue weighted by Crippen LogP contribution is -2.23. The van der Waals surface area contributed by atoms with Gasteiger partial charge in [-0.2, -0.15) is 0 Å². The summed E-state index contributed by atoms with van der Waals surface area (Å²) in [6.07, 6.45) is 4.11. The lowest BCUT2D eigenvalue weighted by atomic mass is 9.97. The van der Waals surface area contributed by atoms with E-state index in [0.717, 1.165) is 36.1 Å². The van der Waals surface area contributed by atoms with E-state index in [4.69, 9.17) is 21.3 Å². The predicted octanol–water partition coefficient (Wildman–Crippen LogP) is 5.72. The lowest BCUT2D eigenvalue weighted by molar-refractivity contribution is -0.113. The molecule has 6 nitrogen and oxygen atoms in total. The molecule has 4 aromatic rings. The molecule has 0 unspecified atom stereocenters. The Labute approximate surface area is 209 Å². The van der Waals surface area contributed by atoms with Gasteiger partial charge in [-0.05, 0) is 67.6 Å². The van der Waals surface area contributed by atoms with Crippen molar-refractivity contribution >= 4 is 56.5 Å². The number of hydrogen-bond donors (Lipinski definition) is 1. The number of thioether (sulfide) groups is 1. The van der Waals surface area contributed by atoms with Crippen LogP contribution in [0.3, 0.4) is 0 Å². The fourth-order valence-electron chi connectivity index (χ4n) is 4.13. The van der Waals surface area contributed by atoms with Gasteiger partial charge in [0.2, 0.25) is 5.91 Å². The highest BCUT2D eigenvalue weighted by Gasteiger charge is 2.23. The third-order valence-corrected chi connectivity index (χ3v) is 8.11. The van der Waals surface area contributed by atoms with Crippen LogP contribution < -0.4 is 15.6 Å². The molecule has 0 bridgehead atoms. The number of nitrogens with one attached hydrogen (secondary N) is 1. The Morgan fingerprint density at radius 3 is 2.79 bits per heavy atom. The predicted molar refractivity (Wildman–Crippen MR) is 139 cm³/mol. The van der Waals surface area contributed by atoms with Crippen LogP contribution in [0.1, 0.15) is 23.3 Å². The van der Waals surface area contributed by atoms with Crippen LogP contribution in [0.5, 0.6) is 5.75 Å². The molecule has 0 fully saturated rings. The second-order valence-corrected chi connectivity index (χ2v) is 10.4. The molecule has 0 atom stereocenters. The molecule has 5 rings (SSSR count). The van der Waals surface area contributed by atoms with Crippen LogP contribution >= 0.6 is 34.7 Å². The number of methoxy groups -OCH3 is 1. The van der Waals surface area contributed by atoms with Gasteiger partial charge in [0, 0.05) is 21.7 Å². The van der Waals surface area contributed by atoms with Crippen LogP contribution in [0.15, 0.2) is 58.5 Å². The fourth-order valence-corrected chi connectivity index (χ4v) is 6.37. The molecular weight excluding hydrogens is 490 g/mol. The number of halogens is 1. The first kappa shape index (κ1) is 23.0. The molecule has 2 aromatic heterocycles. The summed E-state index contributed by atoms with van der Waals surface area (Å²) in [5.41, 5.74) is 2.37. The van der Waals surface area contributed by atoms with Crippen LogP contribution in [0.4, 0.5) is 5.69 Å². The molecule has 0 aliphatic heterocycles. The third kappa shape index (κ3) is 4.58. The molecule has 2 heterocycles. The first-order valence-electron chi connectivity index (χ1n) is 10.9. The Balaban J connectivity index is 1.50. The highest BCUT2D eigenvalue weighted by Crippen LogP contribution is 2.35. The van der Waals surface area contributed by atoms with Crippen LogP contribution in [-0.2, 0) is 17.6 Å². The van der Waals surface area contributed by atoms with Gasteiger partial charge >= 0.3 is 0 Å². The average molecular weight is 512 g/mol. The number of amides is 1. The minimum absolute atomic E-state index is 0.0950. The molecule has 1 aliphatic rings. The lowest BCUT2D eigenvalue weighted by Gasteiger charge is -2.14. The first-order valence-corrected chi connectivity index (χ1v) is 13.1. The Morgan fingerprint density at radius 2 is 2.00 bits per heavy atom. The van der Waals surface area contributed by atoms with E-state index in [1.807, 2.05) is 12.1 Å². The summed E-state index contributed by atoms with van der Waals surface area (Å²) in [6, 6.07) is 14.3. The van der Waals surface area contributed by atoms with E-state index in [2.05, 4.69) is 5.32 Å². The van der Waals surface area contributed by atoms with Crippen molar-refractivity contribution in [2.45, 2.75) is 30.8 Å². The highest BCUT2D eigenvalue weighted by molar-refractivity contribution is 7.99. The zero-order valence-corrected chi connectivity index (χ0v) is 20.9. The SMILES string of the molecule is COc1cccc(NC(=O)CSc2nc3sc4c(c3c(=O)n2-c2ccc(Cl)cc2)CCCC4)c1. The number of carbonyl (C=O) groups is 1. The Morgan fingerprint density at radius 1 is 1.21 bits per heavy atom. The van der Waals surface area contributed by atoms with Crippen molar-refractivity contribution in [3.63, 3.8) is 0 Å². The topological polar surface area (TPSA) is 73.2 Å². The molecule has 1 amide bonds. The summed E-state index contributed by atoms with van der Waals surface area (Å²) in [5.74, 6) is 0.574. The Kier molecular flexibility index (Phi) is 6.63. The molecule has 9 heteroatoms. The molecular formula is C25H22ClN3O3S2. The molecule has 174 valence electrons. The number of aryl methyl sites for hydroxylation is 2. The highest BCUT2D eigenvalue weighted by atomic mass is 35.5. The largest absolute Gasteiger partial charge is 0.497 e. The number of fused-ring (bicyclic) bond motifs is 3. The average Bonchev–Trinajstić information content (AvgIpc) is 3.22. The van der Waals surface area contributed by atoms with E-state index in [1.54, 1.807) is 59.4 Å². The summed E-state index contributed by atoms with van der Waals surface area (Å²) in [6.45, 7) is 0. The number of nitrogens with zero attached hydrogens (tertiary/aromatic N) is 2. The summed E-state index contributed by atoms with van der Waals surface area (Å²) in [7, 11) is 1.58. The van der Waals surface area contributed by atoms with Gasteiger partial charge in [0.1, 0.15) is 10.6 Å². The third-order valence-electron chi connectivity index (χ3n) is 5.73. The van der Waals surface area contributed by atoms with Crippen LogP contribution in [0.25, 0.3) is 15.9 Å². The van der Waals surface area contributed by atoms with Crippen molar-refractivity contribution in [3.8, 4) is 11.4 Å². The number of thiophene rings is 1. The van der Waals surface area contributed by atoms with Crippen molar-refractivity contribution in [2.75, 3.05) is 18.2 Å². The zero-order chi connectivity index (χ0) is 23.7. The van der Waals surface area contributed by atoms with Gasteiger partial charge in [0.25, 0.3) is 5.56 Å². The van der Waals surface area contributed by atoms with Crippen molar-refractivity contribution in [1.29, 1.82) is 0 Å². The van der Waals surface area contributed by atoms with Crippen LogP contribution in [-0.4, -0.2) is 28.3 Å². The van der Waals surface area contributed by atoms with Gasteiger partial charge in [-0.1, -0.05) is 29.4 Å². The quantitative estimate of drug-likeness (QED) is 0.265. The second-order valence-electron chi connectivity index (χ2n) is 7.97. The fraction of sp³-hybridized carbons (Fsp3) is 0.240. The molecule has 1 aliphatic carbocycles. The number of ether oxygens (including phenoxy) is 1. The first-order chi connectivity index (χ1) is 16.5. The van der Waals surface area contributed by atoms with E-state index in [-0.39, 0.29) is 17.2 Å². The van der Waals surface area contributed by atoms with Gasteiger partial charge < -0.3 is 10.1 Å². The van der Waals surface area contributed by atoms with E-state index < -0.39 is 0 Å². The molecule has 0 saturated carbocycles. The number of aromatic nitrogens is 2. The summed E-state index contributed by atoms with van der Waals surface area (Å²) < 4.78 is 6.82. The molecule has 0 radical (unpaired) electrons.